The molecule has 1 N–H and O–H groups in total. The first-order valence-corrected chi connectivity index (χ1v) is 5.55. The molecule has 0 fully saturated rings. The van der Waals surface area contributed by atoms with Gasteiger partial charge in [-0.3, -0.25) is 0 Å². The molecule has 80 valence electrons. The molecule has 0 saturated carbocycles. The number of anilines is 1. The van der Waals surface area contributed by atoms with E-state index in [2.05, 4.69) is 0 Å². The van der Waals surface area contributed by atoms with Crippen molar-refractivity contribution in [2.45, 2.75) is 11.8 Å². The van der Waals surface area contributed by atoms with Crippen LogP contribution in [0.1, 0.15) is 8.29 Å². The molecule has 0 aliphatic carbocycles. The summed E-state index contributed by atoms with van der Waals surface area (Å²) in [4.78, 5) is 0.257. The maximum absolute atomic E-state index is 11.5. The van der Waals surface area contributed by atoms with Gasteiger partial charge in [0, 0.05) is 14.1 Å². The second-order valence-electron chi connectivity index (χ2n) is 2.56. The molecule has 3 nitrogen and oxygen atoms in total. The van der Waals surface area contributed by atoms with Gasteiger partial charge in [0.15, 0.2) is 11.2 Å². The molecule has 0 bridgehead atoms. The molecule has 1 aromatic carbocycles. The maximum Gasteiger partial charge on any atom is 0.178 e. The van der Waals surface area contributed by atoms with Crippen molar-refractivity contribution in [2.24, 2.45) is 0 Å². The van der Waals surface area contributed by atoms with Crippen molar-refractivity contribution in [2.75, 3.05) is 18.1 Å². The highest BCUT2D eigenvalue weighted by Crippen LogP contribution is 2.14. The summed E-state index contributed by atoms with van der Waals surface area (Å²) in [6.07, 6.45) is 0. The molecule has 1 rings (SSSR count). The van der Waals surface area contributed by atoms with Crippen molar-refractivity contribution in [3.05, 3.63) is 24.3 Å². The van der Waals surface area contributed by atoms with Gasteiger partial charge in [0.2, 0.25) is 0 Å². The first-order chi connectivity index (χ1) is 7.01. The molecule has 0 aliphatic heterocycles. The molecule has 0 radical (unpaired) electrons. The molecule has 0 atom stereocenters. The summed E-state index contributed by atoms with van der Waals surface area (Å²) in [6, 6.07) is 5.99. The van der Waals surface area contributed by atoms with Gasteiger partial charge < -0.3 is 5.31 Å². The van der Waals surface area contributed by atoms with E-state index in [1.54, 1.807) is 6.92 Å². The average molecular weight is 238 g/mol. The van der Waals surface area contributed by atoms with Crippen LogP contribution in [-0.4, -0.2) is 21.2 Å². The molecule has 0 unspecified atom stereocenters. The summed E-state index contributed by atoms with van der Waals surface area (Å²) in [5.74, 6) is 0.0649. The summed E-state index contributed by atoms with van der Waals surface area (Å²) < 4.78 is 37.2. The summed E-state index contributed by atoms with van der Waals surface area (Å²) in [6.45, 7) is 1.59. The molecule has 0 saturated heterocycles. The maximum atomic E-state index is 11.5. The Labute approximate surface area is 93.7 Å². The van der Waals surface area contributed by atoms with Gasteiger partial charge in [-0.15, -0.1) is 12.4 Å². The molecule has 5 heteroatoms. The number of benzene rings is 1. The summed E-state index contributed by atoms with van der Waals surface area (Å²) in [7, 11) is -3.35. The van der Waals surface area contributed by atoms with Gasteiger partial charge in [-0.05, 0) is 24.3 Å². The van der Waals surface area contributed by atoms with Gasteiger partial charge >= 0.3 is 0 Å². The summed E-state index contributed by atoms with van der Waals surface area (Å²) in [5, 5.41) is 0.975. The second kappa shape index (κ2) is 5.22. The monoisotopic (exact) mass is 237 g/mol. The fraction of sp³-hybridized carbons (Fsp3) is 0.333. The highest BCUT2D eigenvalue weighted by molar-refractivity contribution is 7.91. The molecule has 1 aromatic rings. The highest BCUT2D eigenvalue weighted by Gasteiger charge is 2.09. The number of nitrogens with one attached hydrogen (secondary N) is 1. The Bertz CT molecular complexity index is 422. The molecule has 0 aromatic heterocycles. The Morgan fingerprint density at radius 1 is 1.43 bits per heavy atom. The lowest BCUT2D eigenvalue weighted by Gasteiger charge is -2.02. The van der Waals surface area contributed by atoms with Crippen LogP contribution in [0.15, 0.2) is 29.2 Å². The smallest absolute Gasteiger partial charge is 0.178 e. The minimum atomic E-state index is -3.17. The fourth-order valence-corrected chi connectivity index (χ4v) is 1.81. The van der Waals surface area contributed by atoms with Crippen LogP contribution < -0.4 is 5.31 Å². The Hall–Kier alpha value is -0.740. The first kappa shape index (κ1) is 9.80. The molecule has 14 heavy (non-hydrogen) atoms. The van der Waals surface area contributed by atoms with Gasteiger partial charge in [0.05, 0.1) is 10.6 Å². The molecule has 0 heterocycles. The van der Waals surface area contributed by atoms with E-state index < -0.39 is 9.84 Å². The van der Waals surface area contributed by atoms with Crippen LogP contribution in [0.5, 0.6) is 0 Å². The fourth-order valence-electron chi connectivity index (χ4n) is 0.926. The van der Waals surface area contributed by atoms with Gasteiger partial charge in [-0.1, -0.05) is 6.92 Å². The van der Waals surface area contributed by atoms with E-state index in [0.29, 0.717) is 5.69 Å². The van der Waals surface area contributed by atoms with Gasteiger partial charge in [-0.25, -0.2) is 8.42 Å². The van der Waals surface area contributed by atoms with Crippen molar-refractivity contribution in [1.82, 2.24) is 0 Å². The van der Waals surface area contributed by atoms with E-state index in [-0.39, 0.29) is 30.1 Å². The number of hydrogen-bond acceptors (Lipinski definition) is 3. The van der Waals surface area contributed by atoms with Crippen LogP contribution in [0.3, 0.4) is 0 Å². The Balaban J connectivity index is 0.00000225. The lowest BCUT2D eigenvalue weighted by molar-refractivity contribution is 0.597. The highest BCUT2D eigenvalue weighted by atomic mass is 35.5. The molecular weight excluding hydrogens is 222 g/mol. The van der Waals surface area contributed by atoms with Crippen LogP contribution in [0.2, 0.25) is 1.41 Å². The third kappa shape index (κ3) is 2.89. The Kier molecular flexibility index (Phi) is 3.65. The zero-order chi connectivity index (χ0) is 11.5. The van der Waals surface area contributed by atoms with E-state index in [1.165, 1.54) is 24.3 Å². The first-order valence-electron chi connectivity index (χ1n) is 5.05. The van der Waals surface area contributed by atoms with Crippen LogP contribution in [0.4, 0.5) is 5.69 Å². The van der Waals surface area contributed by atoms with Crippen molar-refractivity contribution < 1.29 is 11.2 Å². The molecule has 0 spiro atoms. The van der Waals surface area contributed by atoms with E-state index in [4.69, 9.17) is 2.78 Å². The van der Waals surface area contributed by atoms with Crippen LogP contribution >= 0.6 is 12.4 Å². The van der Waals surface area contributed by atoms with Gasteiger partial charge in [0.25, 0.3) is 0 Å². The van der Waals surface area contributed by atoms with Gasteiger partial charge in [0.1, 0.15) is 0 Å². The van der Waals surface area contributed by atoms with Crippen molar-refractivity contribution in [3.8, 4) is 0 Å². The molecule has 0 amide bonds. The number of hydrogen-bond donors (Lipinski definition) is 1. The average Bonchev–Trinajstić information content (AvgIpc) is 2.28. The third-order valence-corrected chi connectivity index (χ3v) is 3.51. The topological polar surface area (TPSA) is 46.2 Å². The number of halogens is 1. The minimum absolute atomic E-state index is 0. The van der Waals surface area contributed by atoms with E-state index in [0.717, 1.165) is 5.31 Å². The Morgan fingerprint density at radius 2 is 2.00 bits per heavy atom. The van der Waals surface area contributed by atoms with E-state index in [1.807, 2.05) is 0 Å². The van der Waals surface area contributed by atoms with Crippen LogP contribution in [0, 0.1) is 0 Å². The predicted octanol–water partition coefficient (Wildman–Crippen LogP) is 1.94. The Morgan fingerprint density at radius 3 is 2.43 bits per heavy atom. The zero-order valence-electron chi connectivity index (χ0n) is 9.80. The molecule has 0 aliphatic rings. The van der Waals surface area contributed by atoms with E-state index >= 15 is 0 Å². The second-order valence-corrected chi connectivity index (χ2v) is 4.83. The normalized spacial score (nSPS) is 12.4. The quantitative estimate of drug-likeness (QED) is 0.874. The minimum Gasteiger partial charge on any atom is -0.388 e. The van der Waals surface area contributed by atoms with Crippen molar-refractivity contribution in [3.63, 3.8) is 0 Å². The van der Waals surface area contributed by atoms with Crippen molar-refractivity contribution in [1.29, 1.82) is 0 Å². The predicted molar refractivity (Wildman–Crippen MR) is 61.0 cm³/mol. The SMILES string of the molecule is Cl.[2H]CN([2H])c1ccc(S(=O)(=O)CC)cc1. The standard InChI is InChI=1S/C9H13NO2S.ClH/c1-3-13(11,12)9-6-4-8(10-2)5-7-9;/h4-7,10H,3H2,1-2H3;1H/i2D;/hD. The van der Waals surface area contributed by atoms with Gasteiger partial charge in [-0.2, -0.15) is 0 Å². The number of sulfone groups is 1. The summed E-state index contributed by atoms with van der Waals surface area (Å²) >= 11 is 0. The third-order valence-electron chi connectivity index (χ3n) is 1.76. The van der Waals surface area contributed by atoms with Crippen LogP contribution in [-0.2, 0) is 9.84 Å². The largest absolute Gasteiger partial charge is 0.388 e. The molecular formula is C9H14ClNO2S. The lowest BCUT2D eigenvalue weighted by atomic mass is 10.3. The zero-order valence-corrected chi connectivity index (χ0v) is 9.44. The summed E-state index contributed by atoms with van der Waals surface area (Å²) in [5.41, 5.74) is 0.514. The van der Waals surface area contributed by atoms with Crippen LogP contribution in [0.25, 0.3) is 0 Å². The lowest BCUT2D eigenvalue weighted by Crippen LogP contribution is -2.03. The van der Waals surface area contributed by atoms with E-state index in [9.17, 15) is 8.42 Å². The van der Waals surface area contributed by atoms with Crippen molar-refractivity contribution >= 4 is 27.9 Å². The number of rotatable bonds is 3.